The summed E-state index contributed by atoms with van der Waals surface area (Å²) in [6.07, 6.45) is 11.1. The Morgan fingerprint density at radius 3 is 2.82 bits per heavy atom. The molecule has 1 aliphatic heterocycles. The molecule has 0 atom stereocenters. The first-order valence-electron chi connectivity index (χ1n) is 8.47. The van der Waals surface area contributed by atoms with Gasteiger partial charge in [0.25, 0.3) is 0 Å². The van der Waals surface area contributed by atoms with E-state index < -0.39 is 0 Å². The van der Waals surface area contributed by atoms with E-state index in [0.717, 1.165) is 44.6 Å². The predicted molar refractivity (Wildman–Crippen MR) is 104 cm³/mol. The molecule has 4 nitrogen and oxygen atoms in total. The standard InChI is InChI=1S/C17H31N3O.HI/c1-18-17(19-11-7-15-5-3-4-6-15)20(2)12-8-16-9-13-21-14-10-16;/h5,16H,3-4,6-14H2,1-2H3,(H,18,19);1H. The van der Waals surface area contributed by atoms with Crippen LogP contribution in [0, 0.1) is 5.92 Å². The highest BCUT2D eigenvalue weighted by Crippen LogP contribution is 2.20. The predicted octanol–water partition coefficient (Wildman–Crippen LogP) is 3.43. The Hall–Kier alpha value is -0.300. The van der Waals surface area contributed by atoms with Crippen LogP contribution in [0.5, 0.6) is 0 Å². The SMILES string of the molecule is CN=C(NCCC1=CCCC1)N(C)CCC1CCOCC1.I. The van der Waals surface area contributed by atoms with Crippen LogP contribution in [0.1, 0.15) is 44.9 Å². The molecule has 1 N–H and O–H groups in total. The molecule has 5 heteroatoms. The highest BCUT2D eigenvalue weighted by atomic mass is 127. The van der Waals surface area contributed by atoms with Crippen molar-refractivity contribution in [2.24, 2.45) is 10.9 Å². The van der Waals surface area contributed by atoms with Gasteiger partial charge in [-0.05, 0) is 50.9 Å². The minimum atomic E-state index is 0. The summed E-state index contributed by atoms with van der Waals surface area (Å²) in [5.41, 5.74) is 1.61. The van der Waals surface area contributed by atoms with Crippen LogP contribution in [0.15, 0.2) is 16.6 Å². The lowest BCUT2D eigenvalue weighted by Crippen LogP contribution is -2.40. The number of ether oxygens (including phenoxy) is 1. The Morgan fingerprint density at radius 2 is 2.18 bits per heavy atom. The second-order valence-electron chi connectivity index (χ2n) is 6.24. The fourth-order valence-electron chi connectivity index (χ4n) is 3.20. The van der Waals surface area contributed by atoms with E-state index in [0.29, 0.717) is 0 Å². The van der Waals surface area contributed by atoms with Gasteiger partial charge in [0.05, 0.1) is 0 Å². The number of hydrogen-bond acceptors (Lipinski definition) is 2. The van der Waals surface area contributed by atoms with Crippen LogP contribution < -0.4 is 5.32 Å². The monoisotopic (exact) mass is 421 g/mol. The van der Waals surface area contributed by atoms with Crippen LogP contribution in [0.25, 0.3) is 0 Å². The highest BCUT2D eigenvalue weighted by molar-refractivity contribution is 14.0. The van der Waals surface area contributed by atoms with Crippen LogP contribution >= 0.6 is 24.0 Å². The fourth-order valence-corrected chi connectivity index (χ4v) is 3.20. The number of hydrogen-bond donors (Lipinski definition) is 1. The average Bonchev–Trinajstić information content (AvgIpc) is 3.03. The quantitative estimate of drug-likeness (QED) is 0.309. The molecule has 0 aromatic heterocycles. The minimum Gasteiger partial charge on any atom is -0.381 e. The van der Waals surface area contributed by atoms with Crippen molar-refractivity contribution in [2.45, 2.75) is 44.9 Å². The first-order chi connectivity index (χ1) is 10.3. The molecule has 22 heavy (non-hydrogen) atoms. The molecule has 0 radical (unpaired) electrons. The van der Waals surface area contributed by atoms with Crippen LogP contribution in [0.3, 0.4) is 0 Å². The third-order valence-electron chi connectivity index (χ3n) is 4.65. The molecule has 0 aromatic rings. The summed E-state index contributed by atoms with van der Waals surface area (Å²) < 4.78 is 5.42. The third-order valence-corrected chi connectivity index (χ3v) is 4.65. The number of halogens is 1. The van der Waals surface area contributed by atoms with E-state index in [2.05, 4.69) is 28.3 Å². The fraction of sp³-hybridized carbons (Fsp3) is 0.824. The molecule has 1 fully saturated rings. The van der Waals surface area contributed by atoms with Crippen molar-refractivity contribution in [1.29, 1.82) is 0 Å². The second kappa shape index (κ2) is 11.3. The summed E-state index contributed by atoms with van der Waals surface area (Å²) in [5, 5.41) is 3.49. The number of nitrogens with one attached hydrogen (secondary N) is 1. The number of nitrogens with zero attached hydrogens (tertiary/aromatic N) is 2. The van der Waals surface area contributed by atoms with E-state index in [1.807, 2.05) is 7.05 Å². The Morgan fingerprint density at radius 1 is 1.41 bits per heavy atom. The van der Waals surface area contributed by atoms with Crippen LogP contribution in [0.4, 0.5) is 0 Å². The topological polar surface area (TPSA) is 36.9 Å². The maximum Gasteiger partial charge on any atom is 0.193 e. The average molecular weight is 421 g/mol. The van der Waals surface area contributed by atoms with Crippen molar-refractivity contribution in [3.05, 3.63) is 11.6 Å². The van der Waals surface area contributed by atoms with Gasteiger partial charge < -0.3 is 15.0 Å². The van der Waals surface area contributed by atoms with E-state index >= 15 is 0 Å². The summed E-state index contributed by atoms with van der Waals surface area (Å²) in [5.74, 6) is 1.85. The lowest BCUT2D eigenvalue weighted by Gasteiger charge is -2.26. The molecule has 0 aromatic carbocycles. The van der Waals surface area contributed by atoms with Crippen LogP contribution in [-0.4, -0.2) is 51.3 Å². The first-order valence-corrected chi connectivity index (χ1v) is 8.47. The molecule has 0 spiro atoms. The Labute approximate surface area is 152 Å². The lowest BCUT2D eigenvalue weighted by molar-refractivity contribution is 0.0625. The molecule has 0 saturated carbocycles. The largest absolute Gasteiger partial charge is 0.381 e. The van der Waals surface area contributed by atoms with Gasteiger partial charge in [0.1, 0.15) is 0 Å². The number of guanidine groups is 1. The molecular weight excluding hydrogens is 389 g/mol. The Bertz CT molecular complexity index is 365. The third kappa shape index (κ3) is 6.86. The van der Waals surface area contributed by atoms with Gasteiger partial charge >= 0.3 is 0 Å². The van der Waals surface area contributed by atoms with E-state index in [1.165, 1.54) is 38.5 Å². The van der Waals surface area contributed by atoms with Crippen molar-refractivity contribution < 1.29 is 4.74 Å². The van der Waals surface area contributed by atoms with Gasteiger partial charge in [0.15, 0.2) is 5.96 Å². The first kappa shape index (κ1) is 19.7. The summed E-state index contributed by atoms with van der Waals surface area (Å²) in [7, 11) is 4.02. The van der Waals surface area contributed by atoms with Gasteiger partial charge in [-0.1, -0.05) is 11.6 Å². The summed E-state index contributed by atoms with van der Waals surface area (Å²) in [4.78, 5) is 6.67. The molecule has 0 bridgehead atoms. The number of allylic oxidation sites excluding steroid dienone is 1. The van der Waals surface area contributed by atoms with Gasteiger partial charge in [-0.3, -0.25) is 4.99 Å². The zero-order chi connectivity index (χ0) is 14.9. The zero-order valence-corrected chi connectivity index (χ0v) is 16.5. The molecular formula is C17H32IN3O. The summed E-state index contributed by atoms with van der Waals surface area (Å²) >= 11 is 0. The smallest absolute Gasteiger partial charge is 0.193 e. The molecule has 1 saturated heterocycles. The van der Waals surface area contributed by atoms with Crippen LogP contribution in [0.2, 0.25) is 0 Å². The van der Waals surface area contributed by atoms with Gasteiger partial charge in [0, 0.05) is 40.4 Å². The van der Waals surface area contributed by atoms with E-state index in [9.17, 15) is 0 Å². The van der Waals surface area contributed by atoms with Crippen LogP contribution in [-0.2, 0) is 4.74 Å². The molecule has 1 aliphatic carbocycles. The Balaban J connectivity index is 0.00000242. The molecule has 0 unspecified atom stereocenters. The van der Waals surface area contributed by atoms with E-state index in [1.54, 1.807) is 5.57 Å². The van der Waals surface area contributed by atoms with Gasteiger partial charge in [-0.25, -0.2) is 0 Å². The second-order valence-corrected chi connectivity index (χ2v) is 6.24. The molecule has 2 aliphatic rings. The van der Waals surface area contributed by atoms with Crippen molar-refractivity contribution in [3.8, 4) is 0 Å². The van der Waals surface area contributed by atoms with Crippen molar-refractivity contribution in [3.63, 3.8) is 0 Å². The van der Waals surface area contributed by atoms with Crippen molar-refractivity contribution in [2.75, 3.05) is 40.4 Å². The normalized spacial score (nSPS) is 19.5. The molecule has 1 heterocycles. The lowest BCUT2D eigenvalue weighted by atomic mass is 9.96. The molecule has 2 rings (SSSR count). The number of aliphatic imine (C=N–C) groups is 1. The summed E-state index contributed by atoms with van der Waals surface area (Å²) in [6, 6.07) is 0. The maximum absolute atomic E-state index is 5.42. The van der Waals surface area contributed by atoms with Gasteiger partial charge in [-0.15, -0.1) is 24.0 Å². The number of rotatable bonds is 6. The summed E-state index contributed by atoms with van der Waals surface area (Å²) in [6.45, 7) is 3.96. The van der Waals surface area contributed by atoms with Crippen molar-refractivity contribution >= 4 is 29.9 Å². The van der Waals surface area contributed by atoms with Gasteiger partial charge in [0.2, 0.25) is 0 Å². The Kier molecular flexibility index (Phi) is 10.1. The highest BCUT2D eigenvalue weighted by Gasteiger charge is 2.15. The van der Waals surface area contributed by atoms with Gasteiger partial charge in [-0.2, -0.15) is 0 Å². The van der Waals surface area contributed by atoms with E-state index in [-0.39, 0.29) is 24.0 Å². The van der Waals surface area contributed by atoms with Crippen molar-refractivity contribution in [1.82, 2.24) is 10.2 Å². The molecule has 128 valence electrons. The molecule has 0 amide bonds. The minimum absolute atomic E-state index is 0. The van der Waals surface area contributed by atoms with E-state index in [4.69, 9.17) is 4.74 Å². The zero-order valence-electron chi connectivity index (χ0n) is 14.1. The maximum atomic E-state index is 5.42.